The SMILES string of the molecule is C[C@H](NC1CCC(C)(C)C1)c1ccccn1. The highest BCUT2D eigenvalue weighted by Crippen LogP contribution is 2.37. The maximum absolute atomic E-state index is 4.39. The van der Waals surface area contributed by atoms with E-state index in [1.807, 2.05) is 12.3 Å². The molecule has 1 fully saturated rings. The second kappa shape index (κ2) is 4.54. The van der Waals surface area contributed by atoms with Gasteiger partial charge in [0, 0.05) is 18.3 Å². The van der Waals surface area contributed by atoms with Gasteiger partial charge in [-0.05, 0) is 43.7 Å². The zero-order valence-electron chi connectivity index (χ0n) is 10.5. The van der Waals surface area contributed by atoms with Crippen LogP contribution >= 0.6 is 0 Å². The van der Waals surface area contributed by atoms with E-state index in [4.69, 9.17) is 0 Å². The van der Waals surface area contributed by atoms with E-state index in [1.54, 1.807) is 0 Å². The van der Waals surface area contributed by atoms with Crippen LogP contribution in [0.5, 0.6) is 0 Å². The Balaban J connectivity index is 1.91. The number of hydrogen-bond donors (Lipinski definition) is 1. The fraction of sp³-hybridized carbons (Fsp3) is 0.643. The molecule has 0 amide bonds. The maximum Gasteiger partial charge on any atom is 0.0570 e. The van der Waals surface area contributed by atoms with Gasteiger partial charge < -0.3 is 5.32 Å². The lowest BCUT2D eigenvalue weighted by Gasteiger charge is -2.21. The summed E-state index contributed by atoms with van der Waals surface area (Å²) < 4.78 is 0. The summed E-state index contributed by atoms with van der Waals surface area (Å²) in [7, 11) is 0. The van der Waals surface area contributed by atoms with Crippen LogP contribution in [0.3, 0.4) is 0 Å². The Kier molecular flexibility index (Phi) is 3.29. The first-order valence-corrected chi connectivity index (χ1v) is 6.24. The summed E-state index contributed by atoms with van der Waals surface area (Å²) in [5, 5.41) is 3.69. The normalized spacial score (nSPS) is 25.6. The molecular formula is C14H22N2. The predicted molar refractivity (Wildman–Crippen MR) is 67.2 cm³/mol. The third-order valence-corrected chi connectivity index (χ3v) is 3.59. The van der Waals surface area contributed by atoms with Crippen LogP contribution in [0.1, 0.15) is 51.8 Å². The topological polar surface area (TPSA) is 24.9 Å². The quantitative estimate of drug-likeness (QED) is 0.842. The van der Waals surface area contributed by atoms with Crippen LogP contribution in [-0.4, -0.2) is 11.0 Å². The zero-order valence-corrected chi connectivity index (χ0v) is 10.5. The van der Waals surface area contributed by atoms with Crippen molar-refractivity contribution in [2.45, 2.75) is 52.1 Å². The van der Waals surface area contributed by atoms with Gasteiger partial charge >= 0.3 is 0 Å². The van der Waals surface area contributed by atoms with Crippen molar-refractivity contribution in [3.63, 3.8) is 0 Å². The molecule has 1 aliphatic rings. The van der Waals surface area contributed by atoms with E-state index >= 15 is 0 Å². The van der Waals surface area contributed by atoms with Crippen molar-refractivity contribution in [3.8, 4) is 0 Å². The van der Waals surface area contributed by atoms with Crippen molar-refractivity contribution >= 4 is 0 Å². The number of nitrogens with zero attached hydrogens (tertiary/aromatic N) is 1. The molecule has 1 aliphatic carbocycles. The van der Waals surface area contributed by atoms with Gasteiger partial charge in [-0.25, -0.2) is 0 Å². The molecule has 2 atom stereocenters. The van der Waals surface area contributed by atoms with Crippen LogP contribution in [0.4, 0.5) is 0 Å². The van der Waals surface area contributed by atoms with Crippen molar-refractivity contribution in [2.75, 3.05) is 0 Å². The van der Waals surface area contributed by atoms with Gasteiger partial charge in [0.2, 0.25) is 0 Å². The minimum Gasteiger partial charge on any atom is -0.306 e. The Hall–Kier alpha value is -0.890. The lowest BCUT2D eigenvalue weighted by molar-refractivity contribution is 0.355. The van der Waals surface area contributed by atoms with Gasteiger partial charge in [-0.1, -0.05) is 19.9 Å². The highest BCUT2D eigenvalue weighted by molar-refractivity contribution is 5.08. The van der Waals surface area contributed by atoms with E-state index in [2.05, 4.69) is 43.2 Å². The van der Waals surface area contributed by atoms with Gasteiger partial charge in [0.15, 0.2) is 0 Å². The molecule has 0 radical (unpaired) electrons. The van der Waals surface area contributed by atoms with Crippen LogP contribution in [-0.2, 0) is 0 Å². The van der Waals surface area contributed by atoms with E-state index in [1.165, 1.54) is 19.3 Å². The summed E-state index contributed by atoms with van der Waals surface area (Å²) in [5.74, 6) is 0. The van der Waals surface area contributed by atoms with Crippen molar-refractivity contribution in [3.05, 3.63) is 30.1 Å². The Morgan fingerprint density at radius 1 is 1.44 bits per heavy atom. The molecule has 16 heavy (non-hydrogen) atoms. The van der Waals surface area contributed by atoms with Crippen LogP contribution in [0.2, 0.25) is 0 Å². The van der Waals surface area contributed by atoms with E-state index in [0.717, 1.165) is 5.69 Å². The van der Waals surface area contributed by atoms with Crippen molar-refractivity contribution < 1.29 is 0 Å². The number of rotatable bonds is 3. The minimum atomic E-state index is 0.361. The molecule has 1 aromatic heterocycles. The largest absolute Gasteiger partial charge is 0.306 e. The highest BCUT2D eigenvalue weighted by atomic mass is 15.0. The summed E-state index contributed by atoms with van der Waals surface area (Å²) in [5.41, 5.74) is 1.66. The monoisotopic (exact) mass is 218 g/mol. The summed E-state index contributed by atoms with van der Waals surface area (Å²) in [6, 6.07) is 7.14. The molecule has 1 N–H and O–H groups in total. The molecule has 0 saturated heterocycles. The molecule has 2 nitrogen and oxygen atoms in total. The van der Waals surface area contributed by atoms with E-state index in [0.29, 0.717) is 17.5 Å². The van der Waals surface area contributed by atoms with Gasteiger partial charge in [0.1, 0.15) is 0 Å². The Morgan fingerprint density at radius 3 is 2.81 bits per heavy atom. The zero-order chi connectivity index (χ0) is 11.6. The number of nitrogens with one attached hydrogen (secondary N) is 1. The first-order chi connectivity index (χ1) is 7.57. The Labute approximate surface area is 98.5 Å². The molecular weight excluding hydrogens is 196 g/mol. The number of pyridine rings is 1. The second-order valence-corrected chi connectivity index (χ2v) is 5.75. The smallest absolute Gasteiger partial charge is 0.0570 e. The molecule has 0 aromatic carbocycles. The van der Waals surface area contributed by atoms with Crippen molar-refractivity contribution in [2.24, 2.45) is 5.41 Å². The minimum absolute atomic E-state index is 0.361. The van der Waals surface area contributed by atoms with Gasteiger partial charge in [0.25, 0.3) is 0 Å². The lowest BCUT2D eigenvalue weighted by atomic mass is 9.92. The summed E-state index contributed by atoms with van der Waals surface area (Å²) in [6.07, 6.45) is 5.78. The third kappa shape index (κ3) is 2.82. The molecule has 0 bridgehead atoms. The van der Waals surface area contributed by atoms with Crippen molar-refractivity contribution in [1.29, 1.82) is 0 Å². The van der Waals surface area contributed by atoms with Gasteiger partial charge in [-0.3, -0.25) is 4.98 Å². The molecule has 0 aliphatic heterocycles. The third-order valence-electron chi connectivity index (χ3n) is 3.59. The van der Waals surface area contributed by atoms with E-state index in [-0.39, 0.29) is 0 Å². The van der Waals surface area contributed by atoms with Crippen LogP contribution in [0.15, 0.2) is 24.4 Å². The Morgan fingerprint density at radius 2 is 2.25 bits per heavy atom. The summed E-state index contributed by atoms with van der Waals surface area (Å²) in [4.78, 5) is 4.39. The Bertz CT molecular complexity index is 332. The second-order valence-electron chi connectivity index (χ2n) is 5.75. The van der Waals surface area contributed by atoms with Crippen molar-refractivity contribution in [1.82, 2.24) is 10.3 Å². The maximum atomic E-state index is 4.39. The highest BCUT2D eigenvalue weighted by Gasteiger charge is 2.31. The lowest BCUT2D eigenvalue weighted by Crippen LogP contribution is -2.30. The van der Waals surface area contributed by atoms with E-state index < -0.39 is 0 Å². The standard InChI is InChI=1S/C14H22N2/c1-11(13-6-4-5-9-15-13)16-12-7-8-14(2,3)10-12/h4-6,9,11-12,16H,7-8,10H2,1-3H3/t11-,12?/m0/s1. The van der Waals surface area contributed by atoms with Crippen LogP contribution in [0.25, 0.3) is 0 Å². The summed E-state index contributed by atoms with van der Waals surface area (Å²) in [6.45, 7) is 6.92. The molecule has 2 heteroatoms. The fourth-order valence-electron chi connectivity index (χ4n) is 2.65. The van der Waals surface area contributed by atoms with Gasteiger partial charge in [0.05, 0.1) is 5.69 Å². The molecule has 2 rings (SSSR count). The molecule has 1 heterocycles. The average molecular weight is 218 g/mol. The molecule has 0 spiro atoms. The van der Waals surface area contributed by atoms with E-state index in [9.17, 15) is 0 Å². The number of aromatic nitrogens is 1. The fourth-order valence-corrected chi connectivity index (χ4v) is 2.65. The van der Waals surface area contributed by atoms with Gasteiger partial charge in [-0.2, -0.15) is 0 Å². The van der Waals surface area contributed by atoms with Crippen LogP contribution < -0.4 is 5.32 Å². The number of hydrogen-bond acceptors (Lipinski definition) is 2. The van der Waals surface area contributed by atoms with Crippen LogP contribution in [0, 0.1) is 5.41 Å². The molecule has 1 aromatic rings. The molecule has 88 valence electrons. The molecule has 1 saturated carbocycles. The summed E-state index contributed by atoms with van der Waals surface area (Å²) >= 11 is 0. The molecule has 1 unspecified atom stereocenters. The first kappa shape index (κ1) is 11.6. The average Bonchev–Trinajstić information content (AvgIpc) is 2.59. The first-order valence-electron chi connectivity index (χ1n) is 6.24. The van der Waals surface area contributed by atoms with Gasteiger partial charge in [-0.15, -0.1) is 0 Å². The predicted octanol–water partition coefficient (Wildman–Crippen LogP) is 3.31.